The number of carbonyl (C=O) groups is 1. The summed E-state index contributed by atoms with van der Waals surface area (Å²) in [5.41, 5.74) is 4.33. The number of anilines is 1. The number of hydrogen-bond acceptors (Lipinski definition) is 5. The third-order valence-corrected chi connectivity index (χ3v) is 5.17. The highest BCUT2D eigenvalue weighted by Crippen LogP contribution is 2.23. The molecule has 0 bridgehead atoms. The molecule has 5 rings (SSSR count). The number of nitrogens with zero attached hydrogens (tertiary/aromatic N) is 4. The van der Waals surface area contributed by atoms with Crippen molar-refractivity contribution in [1.82, 2.24) is 20.0 Å². The Bertz CT molecular complexity index is 1390. The lowest BCUT2D eigenvalue weighted by Crippen LogP contribution is -2.11. The predicted molar refractivity (Wildman–Crippen MR) is 130 cm³/mol. The molecule has 0 fully saturated rings. The number of ether oxygens (including phenoxy) is 1. The molecule has 166 valence electrons. The molecule has 0 aliphatic rings. The van der Waals surface area contributed by atoms with Crippen LogP contribution >= 0.6 is 0 Å². The van der Waals surface area contributed by atoms with E-state index in [-0.39, 0.29) is 5.91 Å². The fourth-order valence-electron chi connectivity index (χ4n) is 3.41. The van der Waals surface area contributed by atoms with Gasteiger partial charge >= 0.3 is 0 Å². The molecule has 0 radical (unpaired) electrons. The van der Waals surface area contributed by atoms with E-state index in [4.69, 9.17) is 4.74 Å². The summed E-state index contributed by atoms with van der Waals surface area (Å²) in [5.74, 6) is 1.38. The normalized spacial score (nSPS) is 10.6. The summed E-state index contributed by atoms with van der Waals surface area (Å²) in [6, 6.07) is 30.1. The highest BCUT2D eigenvalue weighted by Gasteiger charge is 2.08. The van der Waals surface area contributed by atoms with Gasteiger partial charge in [-0.05, 0) is 66.6 Å². The van der Waals surface area contributed by atoms with E-state index in [1.807, 2.05) is 73.8 Å². The minimum Gasteiger partial charge on any atom is -0.438 e. The minimum absolute atomic E-state index is 0.177. The number of carbonyl (C=O) groups excluding carboxylic acids is 1. The second-order valence-corrected chi connectivity index (χ2v) is 7.66. The van der Waals surface area contributed by atoms with Crippen molar-refractivity contribution in [2.75, 3.05) is 5.32 Å². The monoisotopic (exact) mass is 447 g/mol. The van der Waals surface area contributed by atoms with Gasteiger partial charge in [0, 0.05) is 23.5 Å². The van der Waals surface area contributed by atoms with Crippen molar-refractivity contribution in [1.29, 1.82) is 0 Å². The Balaban J connectivity index is 1.20. The maximum atomic E-state index is 12.6. The van der Waals surface area contributed by atoms with Crippen LogP contribution in [0.25, 0.3) is 16.9 Å². The highest BCUT2D eigenvalue weighted by atomic mass is 16.5. The first kappa shape index (κ1) is 21.1. The summed E-state index contributed by atoms with van der Waals surface area (Å²) in [7, 11) is 0. The molecule has 3 aromatic carbocycles. The van der Waals surface area contributed by atoms with Crippen LogP contribution < -0.4 is 10.1 Å². The van der Waals surface area contributed by atoms with Gasteiger partial charge in [-0.3, -0.25) is 4.79 Å². The van der Waals surface area contributed by atoms with Gasteiger partial charge in [-0.25, -0.2) is 4.68 Å². The molecule has 34 heavy (non-hydrogen) atoms. The molecule has 0 saturated carbocycles. The summed E-state index contributed by atoms with van der Waals surface area (Å²) in [6.07, 6.45) is 1.82. The molecule has 1 N–H and O–H groups in total. The molecule has 1 amide bonds. The number of amides is 1. The SMILES string of the molecule is Cc1ccn(-c2ccc(Oc3ccc(NC(=O)c4ccc(-c5ccccc5)cc4)cc3)nn2)n1. The summed E-state index contributed by atoms with van der Waals surface area (Å²) in [5, 5.41) is 15.4. The van der Waals surface area contributed by atoms with Gasteiger partial charge in [-0.2, -0.15) is 5.10 Å². The van der Waals surface area contributed by atoms with E-state index in [1.165, 1.54) is 0 Å². The van der Waals surface area contributed by atoms with Crippen molar-refractivity contribution >= 4 is 11.6 Å². The first-order valence-electron chi connectivity index (χ1n) is 10.8. The van der Waals surface area contributed by atoms with Gasteiger partial charge in [0.2, 0.25) is 5.88 Å². The van der Waals surface area contributed by atoms with Crippen LogP contribution in [0.1, 0.15) is 16.1 Å². The van der Waals surface area contributed by atoms with Crippen LogP contribution in [0.15, 0.2) is 103 Å². The molecule has 0 spiro atoms. The quantitative estimate of drug-likeness (QED) is 0.362. The zero-order valence-corrected chi connectivity index (χ0v) is 18.4. The molecule has 0 atom stereocenters. The molecule has 0 saturated heterocycles. The fourth-order valence-corrected chi connectivity index (χ4v) is 3.41. The molecule has 2 heterocycles. The van der Waals surface area contributed by atoms with E-state index in [9.17, 15) is 4.79 Å². The van der Waals surface area contributed by atoms with Crippen molar-refractivity contribution in [3.63, 3.8) is 0 Å². The van der Waals surface area contributed by atoms with Crippen LogP contribution in [-0.2, 0) is 0 Å². The maximum absolute atomic E-state index is 12.6. The molecule has 2 aromatic heterocycles. The second kappa shape index (κ2) is 9.38. The Morgan fingerprint density at radius 1 is 0.794 bits per heavy atom. The lowest BCUT2D eigenvalue weighted by molar-refractivity contribution is 0.102. The molecule has 7 nitrogen and oxygen atoms in total. The maximum Gasteiger partial charge on any atom is 0.255 e. The van der Waals surface area contributed by atoms with Gasteiger partial charge in [0.05, 0.1) is 5.69 Å². The standard InChI is InChI=1S/C27H21N5O2/c1-19-17-18-32(31-19)25-15-16-26(30-29-25)34-24-13-11-23(12-14-24)28-27(33)22-9-7-21(8-10-22)20-5-3-2-4-6-20/h2-18H,1H3,(H,28,33). The number of aryl methyl sites for hydroxylation is 1. The number of rotatable bonds is 6. The zero-order chi connectivity index (χ0) is 23.3. The second-order valence-electron chi connectivity index (χ2n) is 7.66. The Labute approximate surface area is 196 Å². The number of aromatic nitrogens is 4. The fraction of sp³-hybridized carbons (Fsp3) is 0.0370. The van der Waals surface area contributed by atoms with Crippen LogP contribution in [0.5, 0.6) is 11.6 Å². The third kappa shape index (κ3) is 4.83. The Kier molecular flexibility index (Phi) is 5.82. The van der Waals surface area contributed by atoms with E-state index >= 15 is 0 Å². The summed E-state index contributed by atoms with van der Waals surface area (Å²) in [6.45, 7) is 1.91. The molecule has 7 heteroatoms. The smallest absolute Gasteiger partial charge is 0.255 e. The number of nitrogens with one attached hydrogen (secondary N) is 1. The van der Waals surface area contributed by atoms with E-state index in [0.717, 1.165) is 16.8 Å². The van der Waals surface area contributed by atoms with Gasteiger partial charge < -0.3 is 10.1 Å². The van der Waals surface area contributed by atoms with Gasteiger partial charge in [-0.15, -0.1) is 10.2 Å². The van der Waals surface area contributed by atoms with E-state index in [1.54, 1.807) is 41.1 Å². The zero-order valence-electron chi connectivity index (χ0n) is 18.4. The Morgan fingerprint density at radius 2 is 1.53 bits per heavy atom. The average Bonchev–Trinajstić information content (AvgIpc) is 3.32. The van der Waals surface area contributed by atoms with Gasteiger partial charge in [0.15, 0.2) is 5.82 Å². The predicted octanol–water partition coefficient (Wildman–Crippen LogP) is 5.68. The van der Waals surface area contributed by atoms with Crippen LogP contribution in [0.3, 0.4) is 0 Å². The Hall–Kier alpha value is -4.78. The molecule has 0 unspecified atom stereocenters. The molecule has 0 aliphatic heterocycles. The van der Waals surface area contributed by atoms with Gasteiger partial charge in [0.1, 0.15) is 5.75 Å². The first-order valence-corrected chi connectivity index (χ1v) is 10.8. The average molecular weight is 447 g/mol. The van der Waals surface area contributed by atoms with E-state index in [0.29, 0.717) is 28.7 Å². The van der Waals surface area contributed by atoms with E-state index < -0.39 is 0 Å². The highest BCUT2D eigenvalue weighted by molar-refractivity contribution is 6.04. The molecule has 0 aliphatic carbocycles. The van der Waals surface area contributed by atoms with Gasteiger partial charge in [0.25, 0.3) is 5.91 Å². The largest absolute Gasteiger partial charge is 0.438 e. The van der Waals surface area contributed by atoms with Crippen LogP contribution in [0.4, 0.5) is 5.69 Å². The first-order chi connectivity index (χ1) is 16.6. The summed E-state index contributed by atoms with van der Waals surface area (Å²) >= 11 is 0. The molecular formula is C27H21N5O2. The van der Waals surface area contributed by atoms with Crippen LogP contribution in [-0.4, -0.2) is 25.9 Å². The van der Waals surface area contributed by atoms with Crippen molar-refractivity contribution in [3.05, 3.63) is 115 Å². The topological polar surface area (TPSA) is 81.9 Å². The lowest BCUT2D eigenvalue weighted by Gasteiger charge is -2.08. The van der Waals surface area contributed by atoms with Crippen molar-refractivity contribution in [2.24, 2.45) is 0 Å². The summed E-state index contributed by atoms with van der Waals surface area (Å²) < 4.78 is 7.41. The third-order valence-electron chi connectivity index (χ3n) is 5.17. The van der Waals surface area contributed by atoms with E-state index in [2.05, 4.69) is 20.6 Å². The van der Waals surface area contributed by atoms with Crippen molar-refractivity contribution in [3.8, 4) is 28.6 Å². The Morgan fingerprint density at radius 3 is 2.18 bits per heavy atom. The number of hydrogen-bond donors (Lipinski definition) is 1. The molecule has 5 aromatic rings. The number of benzene rings is 3. The van der Waals surface area contributed by atoms with Gasteiger partial charge in [-0.1, -0.05) is 42.5 Å². The van der Waals surface area contributed by atoms with Crippen molar-refractivity contribution in [2.45, 2.75) is 6.92 Å². The molecular weight excluding hydrogens is 426 g/mol. The van der Waals surface area contributed by atoms with Crippen LogP contribution in [0, 0.1) is 6.92 Å². The van der Waals surface area contributed by atoms with Crippen molar-refractivity contribution < 1.29 is 9.53 Å². The minimum atomic E-state index is -0.177. The van der Waals surface area contributed by atoms with Crippen LogP contribution in [0.2, 0.25) is 0 Å². The lowest BCUT2D eigenvalue weighted by atomic mass is 10.0. The summed E-state index contributed by atoms with van der Waals surface area (Å²) in [4.78, 5) is 12.6.